The molecule has 0 unspecified atom stereocenters. The monoisotopic (exact) mass is 393 g/mol. The third kappa shape index (κ3) is 3.02. The van der Waals surface area contributed by atoms with Gasteiger partial charge in [-0.15, -0.1) is 11.3 Å². The Morgan fingerprint density at radius 2 is 2.05 bits per heavy atom. The largest absolute Gasteiger partial charge is 0.289 e. The molecule has 4 nitrogen and oxygen atoms in total. The first-order valence-corrected chi connectivity index (χ1v) is 8.96. The fourth-order valence-electron chi connectivity index (χ4n) is 1.96. The average molecular weight is 394 g/mol. The molecule has 0 N–H and O–H groups in total. The van der Waals surface area contributed by atoms with Crippen LogP contribution in [0.15, 0.2) is 50.2 Å². The first-order valence-electron chi connectivity index (χ1n) is 6.47. The number of carbonyl (C=O) groups is 1. The summed E-state index contributed by atoms with van der Waals surface area (Å²) < 4.78 is 1.02. The predicted molar refractivity (Wildman–Crippen MR) is 96.3 cm³/mol. The third-order valence-corrected chi connectivity index (χ3v) is 5.63. The van der Waals surface area contributed by atoms with E-state index in [4.69, 9.17) is 0 Å². The minimum absolute atomic E-state index is 0.0271. The number of halogens is 1. The molecule has 7 heteroatoms. The minimum atomic E-state index is -0.0271. The lowest BCUT2D eigenvalue weighted by atomic mass is 10.1. The van der Waals surface area contributed by atoms with Crippen LogP contribution in [-0.4, -0.2) is 28.0 Å². The molecule has 1 fully saturated rings. The van der Waals surface area contributed by atoms with Crippen molar-refractivity contribution in [2.75, 3.05) is 7.05 Å². The van der Waals surface area contributed by atoms with Crippen molar-refractivity contribution in [2.24, 2.45) is 4.99 Å². The van der Waals surface area contributed by atoms with Crippen LogP contribution in [0.1, 0.15) is 12.5 Å². The Kier molecular flexibility index (Phi) is 4.46. The van der Waals surface area contributed by atoms with Crippen LogP contribution in [0.3, 0.4) is 0 Å². The first kappa shape index (κ1) is 15.5. The number of likely N-dealkylation sites (N-methyl/N-ethyl adjacent to an activating group) is 1. The summed E-state index contributed by atoms with van der Waals surface area (Å²) in [6.07, 6.45) is 1.70. The van der Waals surface area contributed by atoms with Gasteiger partial charge in [0.05, 0.1) is 4.91 Å². The number of benzene rings is 1. The van der Waals surface area contributed by atoms with Crippen LogP contribution >= 0.6 is 39.0 Å². The molecule has 112 valence electrons. The van der Waals surface area contributed by atoms with E-state index in [1.165, 1.54) is 23.1 Å². The van der Waals surface area contributed by atoms with E-state index >= 15 is 0 Å². The average Bonchev–Trinajstić information content (AvgIpc) is 3.11. The van der Waals surface area contributed by atoms with Gasteiger partial charge < -0.3 is 0 Å². The lowest BCUT2D eigenvalue weighted by Crippen LogP contribution is -2.23. The maximum atomic E-state index is 12.5. The first-order chi connectivity index (χ1) is 10.6. The number of hydrogen-bond acceptors (Lipinski definition) is 5. The molecule has 0 atom stereocenters. The zero-order chi connectivity index (χ0) is 15.7. The quantitative estimate of drug-likeness (QED) is 0.703. The van der Waals surface area contributed by atoms with Gasteiger partial charge in [-0.05, 0) is 42.0 Å². The second kappa shape index (κ2) is 6.36. The topological polar surface area (TPSA) is 45.6 Å². The highest BCUT2D eigenvalue weighted by molar-refractivity contribution is 9.10. The van der Waals surface area contributed by atoms with Gasteiger partial charge in [-0.25, -0.2) is 4.98 Å². The van der Waals surface area contributed by atoms with Crippen LogP contribution in [0.4, 0.5) is 5.13 Å². The molecule has 3 rings (SSSR count). The number of allylic oxidation sites excluding steroid dienone is 1. The van der Waals surface area contributed by atoms with Crippen LogP contribution in [0.25, 0.3) is 5.57 Å². The molecular weight excluding hydrogens is 382 g/mol. The molecule has 0 radical (unpaired) electrons. The van der Waals surface area contributed by atoms with Crippen LogP contribution in [0, 0.1) is 0 Å². The molecule has 1 saturated heterocycles. The highest BCUT2D eigenvalue weighted by Gasteiger charge is 2.32. The number of thioether (sulfide) groups is 1. The molecule has 1 aromatic heterocycles. The second-order valence-corrected chi connectivity index (χ2v) is 7.40. The van der Waals surface area contributed by atoms with Crippen molar-refractivity contribution in [3.63, 3.8) is 0 Å². The van der Waals surface area contributed by atoms with Crippen molar-refractivity contribution < 1.29 is 4.79 Å². The van der Waals surface area contributed by atoms with Gasteiger partial charge in [0.25, 0.3) is 5.91 Å². The Morgan fingerprint density at radius 3 is 2.68 bits per heavy atom. The van der Waals surface area contributed by atoms with Gasteiger partial charge >= 0.3 is 0 Å². The van der Waals surface area contributed by atoms with Crippen molar-refractivity contribution in [1.29, 1.82) is 0 Å². The Hall–Kier alpha value is -1.44. The summed E-state index contributed by atoms with van der Waals surface area (Å²) in [5.74, 6) is -0.0271. The number of nitrogens with zero attached hydrogens (tertiary/aromatic N) is 3. The predicted octanol–water partition coefficient (Wildman–Crippen LogP) is 4.53. The molecule has 0 bridgehead atoms. The number of aliphatic imine (C=N–C) groups is 1. The van der Waals surface area contributed by atoms with E-state index in [1.807, 2.05) is 36.6 Å². The van der Waals surface area contributed by atoms with E-state index in [2.05, 4.69) is 25.9 Å². The Bertz CT molecular complexity index is 767. The smallest absolute Gasteiger partial charge is 0.266 e. The summed E-state index contributed by atoms with van der Waals surface area (Å²) in [6.45, 7) is 1.96. The summed E-state index contributed by atoms with van der Waals surface area (Å²) in [4.78, 5) is 23.3. The standard InChI is InChI=1S/C15H12BrN3OS2/c1-9(10-3-5-11(16)6-4-10)12-13(20)19(2)15(22-12)18-14-17-7-8-21-14/h3-8H,1-2H3/b12-9-,18-15+. The lowest BCUT2D eigenvalue weighted by molar-refractivity contribution is -0.121. The number of amidine groups is 1. The van der Waals surface area contributed by atoms with Crippen LogP contribution in [0.2, 0.25) is 0 Å². The van der Waals surface area contributed by atoms with Crippen LogP contribution < -0.4 is 0 Å². The maximum absolute atomic E-state index is 12.5. The van der Waals surface area contributed by atoms with E-state index in [-0.39, 0.29) is 5.91 Å². The Balaban J connectivity index is 1.96. The van der Waals surface area contributed by atoms with Gasteiger partial charge in [0, 0.05) is 23.1 Å². The molecule has 0 saturated carbocycles. The van der Waals surface area contributed by atoms with Crippen LogP contribution in [0.5, 0.6) is 0 Å². The van der Waals surface area contributed by atoms with E-state index in [1.54, 1.807) is 18.1 Å². The van der Waals surface area contributed by atoms with E-state index in [0.29, 0.717) is 15.2 Å². The Labute approximate surface area is 145 Å². The second-order valence-electron chi connectivity index (χ2n) is 4.64. The summed E-state index contributed by atoms with van der Waals surface area (Å²) in [5.41, 5.74) is 1.99. The number of amides is 1. The summed E-state index contributed by atoms with van der Waals surface area (Å²) in [7, 11) is 1.74. The fraction of sp³-hybridized carbons (Fsp3) is 0.133. The van der Waals surface area contributed by atoms with Crippen LogP contribution in [-0.2, 0) is 4.79 Å². The normalized spacial score (nSPS) is 19.1. The van der Waals surface area contributed by atoms with Crippen molar-refractivity contribution >= 4 is 60.8 Å². The summed E-state index contributed by atoms with van der Waals surface area (Å²) in [6, 6.07) is 7.93. The molecule has 0 spiro atoms. The zero-order valence-corrected chi connectivity index (χ0v) is 15.1. The number of hydrogen-bond donors (Lipinski definition) is 0. The van der Waals surface area contributed by atoms with Crippen molar-refractivity contribution in [3.8, 4) is 0 Å². The van der Waals surface area contributed by atoms with Gasteiger partial charge in [0.15, 0.2) is 5.17 Å². The van der Waals surface area contributed by atoms with E-state index < -0.39 is 0 Å². The molecule has 1 amide bonds. The summed E-state index contributed by atoms with van der Waals surface area (Å²) >= 11 is 6.26. The SMILES string of the molecule is C/C(=C1/S/C(=N/c2nccs2)N(C)C1=O)c1ccc(Br)cc1. The highest BCUT2D eigenvalue weighted by Crippen LogP contribution is 2.37. The molecule has 0 aliphatic carbocycles. The van der Waals surface area contributed by atoms with Crippen molar-refractivity contribution in [1.82, 2.24) is 9.88 Å². The third-order valence-electron chi connectivity index (χ3n) is 3.21. The van der Waals surface area contributed by atoms with Gasteiger partial charge in [-0.2, -0.15) is 4.99 Å². The zero-order valence-electron chi connectivity index (χ0n) is 11.9. The van der Waals surface area contributed by atoms with Gasteiger partial charge in [-0.3, -0.25) is 9.69 Å². The van der Waals surface area contributed by atoms with E-state index in [0.717, 1.165) is 15.6 Å². The molecular formula is C15H12BrN3OS2. The maximum Gasteiger partial charge on any atom is 0.266 e. The fourth-order valence-corrected chi connectivity index (χ4v) is 3.82. The van der Waals surface area contributed by atoms with Crippen molar-refractivity contribution in [2.45, 2.75) is 6.92 Å². The highest BCUT2D eigenvalue weighted by atomic mass is 79.9. The minimum Gasteiger partial charge on any atom is -0.289 e. The van der Waals surface area contributed by atoms with Gasteiger partial charge in [0.1, 0.15) is 0 Å². The molecule has 22 heavy (non-hydrogen) atoms. The van der Waals surface area contributed by atoms with Crippen molar-refractivity contribution in [3.05, 3.63) is 50.8 Å². The molecule has 1 aliphatic heterocycles. The number of rotatable bonds is 2. The lowest BCUT2D eigenvalue weighted by Gasteiger charge is -2.06. The van der Waals surface area contributed by atoms with E-state index in [9.17, 15) is 4.79 Å². The molecule has 2 heterocycles. The molecule has 1 aromatic carbocycles. The molecule has 2 aromatic rings. The van der Waals surface area contributed by atoms with Gasteiger partial charge in [0.2, 0.25) is 5.13 Å². The number of carbonyl (C=O) groups excluding carboxylic acids is 1. The molecule has 1 aliphatic rings. The number of aromatic nitrogens is 1. The van der Waals surface area contributed by atoms with Gasteiger partial charge in [-0.1, -0.05) is 28.1 Å². The summed E-state index contributed by atoms with van der Waals surface area (Å²) in [5, 5.41) is 3.18. The Morgan fingerprint density at radius 1 is 1.32 bits per heavy atom. The number of thiazole rings is 1.